The van der Waals surface area contributed by atoms with Crippen molar-refractivity contribution in [2.75, 3.05) is 33.9 Å². The summed E-state index contributed by atoms with van der Waals surface area (Å²) in [4.78, 5) is 15.1. The van der Waals surface area contributed by atoms with Gasteiger partial charge in [-0.15, -0.1) is 0 Å². The Morgan fingerprint density at radius 2 is 1.34 bits per heavy atom. The number of nitrogens with zero attached hydrogens (tertiary/aromatic N) is 1. The minimum atomic E-state index is -0.127. The Morgan fingerprint density at radius 1 is 0.750 bits per heavy atom. The molecule has 0 aromatic rings. The summed E-state index contributed by atoms with van der Waals surface area (Å²) in [5, 5.41) is 0. The second-order valence-electron chi connectivity index (χ2n) is 17.0. The number of ether oxygens (including phenoxy) is 2. The van der Waals surface area contributed by atoms with Gasteiger partial charge < -0.3 is 14.4 Å². The zero-order valence-corrected chi connectivity index (χ0v) is 32.2. The van der Waals surface area contributed by atoms with Crippen LogP contribution in [0.4, 0.5) is 0 Å². The summed E-state index contributed by atoms with van der Waals surface area (Å²) in [6.45, 7) is 27.7. The Kier molecular flexibility index (Phi) is 22.2. The van der Waals surface area contributed by atoms with Gasteiger partial charge in [0.1, 0.15) is 6.10 Å². The Bertz CT molecular complexity index is 752. The maximum atomic E-state index is 13.0. The van der Waals surface area contributed by atoms with Crippen molar-refractivity contribution in [1.29, 1.82) is 0 Å². The Hall–Kier alpha value is -0.870. The zero-order valence-electron chi connectivity index (χ0n) is 32.2. The van der Waals surface area contributed by atoms with Gasteiger partial charge in [0.05, 0.1) is 13.2 Å². The van der Waals surface area contributed by atoms with Crippen LogP contribution in [0.15, 0.2) is 12.2 Å². The van der Waals surface area contributed by atoms with Gasteiger partial charge in [-0.25, -0.2) is 0 Å². The van der Waals surface area contributed by atoms with E-state index in [1.54, 1.807) is 0 Å². The van der Waals surface area contributed by atoms with Gasteiger partial charge >= 0.3 is 5.97 Å². The first kappa shape index (κ1) is 43.1. The van der Waals surface area contributed by atoms with E-state index in [9.17, 15) is 4.79 Å². The first-order valence-electron chi connectivity index (χ1n) is 18.5. The summed E-state index contributed by atoms with van der Waals surface area (Å²) >= 11 is 0. The van der Waals surface area contributed by atoms with Crippen molar-refractivity contribution < 1.29 is 14.3 Å². The van der Waals surface area contributed by atoms with Gasteiger partial charge in [-0.3, -0.25) is 4.79 Å². The molecule has 0 aliphatic rings. The van der Waals surface area contributed by atoms with E-state index in [-0.39, 0.29) is 28.3 Å². The van der Waals surface area contributed by atoms with Crippen molar-refractivity contribution in [3.8, 4) is 0 Å². The predicted molar refractivity (Wildman–Crippen MR) is 193 cm³/mol. The van der Waals surface area contributed by atoms with Gasteiger partial charge in [-0.05, 0) is 74.9 Å². The van der Waals surface area contributed by atoms with Crippen LogP contribution >= 0.6 is 0 Å². The average molecular weight is 622 g/mol. The van der Waals surface area contributed by atoms with Gasteiger partial charge in [0, 0.05) is 11.8 Å². The Balaban J connectivity index is 5.09. The van der Waals surface area contributed by atoms with Gasteiger partial charge in [-0.1, -0.05) is 146 Å². The van der Waals surface area contributed by atoms with Crippen molar-refractivity contribution in [2.24, 2.45) is 34.0 Å². The fourth-order valence-electron chi connectivity index (χ4n) is 6.27. The van der Waals surface area contributed by atoms with E-state index >= 15 is 0 Å². The fourth-order valence-corrected chi connectivity index (χ4v) is 6.27. The third kappa shape index (κ3) is 21.8. The lowest BCUT2D eigenvalue weighted by Crippen LogP contribution is -2.37. The first-order valence-corrected chi connectivity index (χ1v) is 18.5. The van der Waals surface area contributed by atoms with Crippen LogP contribution < -0.4 is 0 Å². The average Bonchev–Trinajstić information content (AvgIpc) is 2.89. The van der Waals surface area contributed by atoms with Crippen LogP contribution in [0.1, 0.15) is 166 Å². The number of carbonyl (C=O) groups excluding carboxylic acids is 1. The summed E-state index contributed by atoms with van der Waals surface area (Å²) in [5.41, 5.74) is 0.0319. The second-order valence-corrected chi connectivity index (χ2v) is 17.0. The Labute approximate surface area is 276 Å². The van der Waals surface area contributed by atoms with Crippen LogP contribution in [0.5, 0.6) is 0 Å². The molecule has 0 saturated heterocycles. The molecule has 0 heterocycles. The topological polar surface area (TPSA) is 38.8 Å². The standard InChI is InChI=1S/C40H79NO3/c1-14-15-16-17-18-22-34(4)23-19-24-35(5)26-27-36(44-37(42)25-20-29-41(12)13)39(8,9)31-38(6,7)28-21-30-43-32-40(10,11)33(2)3/h21,28,33-36H,14-20,22-27,29-32H2,1-13H3. The lowest BCUT2D eigenvalue weighted by Gasteiger charge is -2.39. The highest BCUT2D eigenvalue weighted by Crippen LogP contribution is 2.41. The largest absolute Gasteiger partial charge is 0.462 e. The summed E-state index contributed by atoms with van der Waals surface area (Å²) < 4.78 is 12.3. The van der Waals surface area contributed by atoms with Crippen LogP contribution in [0.3, 0.4) is 0 Å². The van der Waals surface area contributed by atoms with E-state index in [0.717, 1.165) is 44.8 Å². The maximum Gasteiger partial charge on any atom is 0.306 e. The van der Waals surface area contributed by atoms with Crippen LogP contribution in [0.25, 0.3) is 0 Å². The molecule has 3 unspecified atom stereocenters. The molecule has 0 aromatic carbocycles. The van der Waals surface area contributed by atoms with Crippen molar-refractivity contribution in [3.05, 3.63) is 12.2 Å². The number of unbranched alkanes of at least 4 members (excludes halogenated alkanes) is 4. The SMILES string of the molecule is CCCCCCCC(C)CCCC(C)CCC(OC(=O)CCCN(C)C)C(C)(C)CC(C)(C)C=CCOCC(C)(C)C(C)C. The van der Waals surface area contributed by atoms with Gasteiger partial charge in [0.15, 0.2) is 0 Å². The molecule has 0 fully saturated rings. The highest BCUT2D eigenvalue weighted by molar-refractivity contribution is 5.69. The van der Waals surface area contributed by atoms with Crippen molar-refractivity contribution >= 4 is 5.97 Å². The van der Waals surface area contributed by atoms with Crippen molar-refractivity contribution in [1.82, 2.24) is 4.90 Å². The fraction of sp³-hybridized carbons (Fsp3) is 0.925. The lowest BCUT2D eigenvalue weighted by molar-refractivity contribution is -0.157. The molecular formula is C40H79NO3. The van der Waals surface area contributed by atoms with Gasteiger partial charge in [0.2, 0.25) is 0 Å². The monoisotopic (exact) mass is 622 g/mol. The predicted octanol–water partition coefficient (Wildman–Crippen LogP) is 11.5. The molecule has 0 aliphatic carbocycles. The van der Waals surface area contributed by atoms with E-state index in [0.29, 0.717) is 24.9 Å². The molecule has 4 nitrogen and oxygen atoms in total. The van der Waals surface area contributed by atoms with Crippen molar-refractivity contribution in [2.45, 2.75) is 172 Å². The van der Waals surface area contributed by atoms with Crippen LogP contribution in [-0.4, -0.2) is 50.8 Å². The molecule has 44 heavy (non-hydrogen) atoms. The normalized spacial score (nSPS) is 15.3. The maximum absolute atomic E-state index is 13.0. The molecule has 0 amide bonds. The van der Waals surface area contributed by atoms with Crippen molar-refractivity contribution in [3.63, 3.8) is 0 Å². The number of allylic oxidation sites excluding steroid dienone is 1. The van der Waals surface area contributed by atoms with Gasteiger partial charge in [0.25, 0.3) is 0 Å². The summed E-state index contributed by atoms with van der Waals surface area (Å²) in [5.74, 6) is 2.03. The molecule has 0 aromatic heterocycles. The third-order valence-electron chi connectivity index (χ3n) is 9.98. The van der Waals surface area contributed by atoms with Crippen LogP contribution in [0.2, 0.25) is 0 Å². The van der Waals surface area contributed by atoms with Crippen LogP contribution in [0, 0.1) is 34.0 Å². The van der Waals surface area contributed by atoms with E-state index in [2.05, 4.69) is 107 Å². The highest BCUT2D eigenvalue weighted by Gasteiger charge is 2.37. The second kappa shape index (κ2) is 22.6. The molecule has 0 bridgehead atoms. The molecule has 0 saturated carbocycles. The quantitative estimate of drug-likeness (QED) is 0.0519. The number of esters is 1. The summed E-state index contributed by atoms with van der Waals surface area (Å²) in [6.07, 6.45) is 20.9. The Morgan fingerprint density at radius 3 is 1.93 bits per heavy atom. The molecule has 0 N–H and O–H groups in total. The van der Waals surface area contributed by atoms with E-state index in [1.807, 2.05) is 0 Å². The van der Waals surface area contributed by atoms with E-state index in [4.69, 9.17) is 9.47 Å². The summed E-state index contributed by atoms with van der Waals surface area (Å²) in [6, 6.07) is 0. The molecule has 262 valence electrons. The molecule has 0 spiro atoms. The van der Waals surface area contributed by atoms with Gasteiger partial charge in [-0.2, -0.15) is 0 Å². The number of rotatable bonds is 27. The highest BCUT2D eigenvalue weighted by atomic mass is 16.5. The van der Waals surface area contributed by atoms with E-state index in [1.165, 1.54) is 57.8 Å². The molecule has 4 heteroatoms. The third-order valence-corrected chi connectivity index (χ3v) is 9.98. The number of hydrogen-bond donors (Lipinski definition) is 0. The molecule has 0 rings (SSSR count). The minimum Gasteiger partial charge on any atom is -0.462 e. The lowest BCUT2D eigenvalue weighted by atomic mass is 9.70. The minimum absolute atomic E-state index is 0.0195. The zero-order chi connectivity index (χ0) is 33.8. The number of hydrogen-bond acceptors (Lipinski definition) is 4. The van der Waals surface area contributed by atoms with E-state index < -0.39 is 0 Å². The molecule has 3 atom stereocenters. The molecule has 0 aliphatic heterocycles. The number of carbonyl (C=O) groups is 1. The summed E-state index contributed by atoms with van der Waals surface area (Å²) in [7, 11) is 4.11. The smallest absolute Gasteiger partial charge is 0.306 e. The molecular weight excluding hydrogens is 542 g/mol. The molecule has 0 radical (unpaired) electrons. The van der Waals surface area contributed by atoms with Crippen LogP contribution in [-0.2, 0) is 14.3 Å². The first-order chi connectivity index (χ1) is 20.4.